The minimum absolute atomic E-state index is 0.0127. The van der Waals surface area contributed by atoms with Crippen LogP contribution in [0.4, 0.5) is 0 Å². The molecular formula is C3H2AlNO. The van der Waals surface area contributed by atoms with Crippen molar-refractivity contribution in [1.82, 2.24) is 0 Å². The zero-order valence-corrected chi connectivity index (χ0v) is 4.24. The van der Waals surface area contributed by atoms with E-state index in [2.05, 4.69) is 3.93 Å². The van der Waals surface area contributed by atoms with Crippen LogP contribution in [-0.4, -0.2) is 20.9 Å². The van der Waals surface area contributed by atoms with Gasteiger partial charge in [0.25, 0.3) is 0 Å². The predicted octanol–water partition coefficient (Wildman–Crippen LogP) is -0.0719. The zero-order valence-electron chi connectivity index (χ0n) is 3.09. The molecule has 0 spiro atoms. The standard InChI is InChI=1S/C3H2NO.Al/c1-2-3(4)5;/h1-2H;. The summed E-state index contributed by atoms with van der Waals surface area (Å²) >= 11 is -0.0127. The van der Waals surface area contributed by atoms with Gasteiger partial charge in [-0.15, -0.1) is 0 Å². The van der Waals surface area contributed by atoms with E-state index in [1.54, 1.807) is 0 Å². The van der Waals surface area contributed by atoms with Crippen molar-refractivity contribution in [2.45, 2.75) is 0 Å². The van der Waals surface area contributed by atoms with Crippen LogP contribution in [0.2, 0.25) is 0 Å². The molecule has 2 nitrogen and oxygen atoms in total. The Hall–Kier alpha value is -0.258. The van der Waals surface area contributed by atoms with E-state index < -0.39 is 0 Å². The molecule has 0 aromatic rings. The first kappa shape index (κ1) is 3.92. The molecule has 0 saturated carbocycles. The molecule has 0 aromatic heterocycles. The fourth-order valence-electron chi connectivity index (χ4n) is 0.285. The Morgan fingerprint density at radius 3 is 2.83 bits per heavy atom. The van der Waals surface area contributed by atoms with E-state index in [1.807, 2.05) is 4.94 Å². The summed E-state index contributed by atoms with van der Waals surface area (Å²) in [4.78, 5) is 11.8. The first-order valence-corrected chi connectivity index (χ1v) is 2.82. The molecule has 0 bridgehead atoms. The summed E-state index contributed by atoms with van der Waals surface area (Å²) in [5.74, 6) is -0.0648. The summed E-state index contributed by atoms with van der Waals surface area (Å²) in [6.07, 6.45) is 1.51. The fraction of sp³-hybridized carbons (Fsp3) is 0. The predicted molar refractivity (Wildman–Crippen MR) is 22.3 cm³/mol. The Morgan fingerprint density at radius 1 is 1.83 bits per heavy atom. The van der Waals surface area contributed by atoms with Gasteiger partial charge in [0.2, 0.25) is 0 Å². The Morgan fingerprint density at radius 2 is 2.67 bits per heavy atom. The Labute approximate surface area is 41.4 Å². The van der Waals surface area contributed by atoms with E-state index in [0.29, 0.717) is 0 Å². The number of hydrogen-bond acceptors (Lipinski definition) is 1. The Kier molecular flexibility index (Phi) is 0.954. The van der Waals surface area contributed by atoms with Gasteiger partial charge in [-0.2, -0.15) is 0 Å². The average Bonchev–Trinajstić information content (AvgIpc) is 1.86. The van der Waals surface area contributed by atoms with Crippen molar-refractivity contribution in [2.75, 3.05) is 0 Å². The summed E-state index contributed by atoms with van der Waals surface area (Å²) in [6.45, 7) is 0. The fourth-order valence-corrected chi connectivity index (χ4v) is 0.855. The molecule has 0 aromatic carbocycles. The second kappa shape index (κ2) is 1.46. The molecule has 3 heteroatoms. The molecule has 0 fully saturated rings. The molecule has 1 aliphatic heterocycles. The van der Waals surface area contributed by atoms with Gasteiger partial charge in [0, 0.05) is 0 Å². The molecule has 0 saturated heterocycles. The number of hydrogen-bond donors (Lipinski definition) is 0. The van der Waals surface area contributed by atoms with Crippen LogP contribution in [0.3, 0.4) is 0 Å². The van der Waals surface area contributed by atoms with Crippen LogP contribution in [0.1, 0.15) is 0 Å². The maximum atomic E-state index is 10.0. The summed E-state index contributed by atoms with van der Waals surface area (Å²) < 4.78 is 3.57. The van der Waals surface area contributed by atoms with E-state index >= 15 is 0 Å². The number of carbonyl (C=O) groups excluding carboxylic acids is 1. The number of carbonyl (C=O) groups is 1. The van der Waals surface area contributed by atoms with Gasteiger partial charge in [-0.3, -0.25) is 0 Å². The first-order valence-electron chi connectivity index (χ1n) is 1.64. The second-order valence-electron chi connectivity index (χ2n) is 0.976. The molecule has 0 aliphatic carbocycles. The van der Waals surface area contributed by atoms with Gasteiger partial charge in [0.05, 0.1) is 0 Å². The van der Waals surface area contributed by atoms with Crippen LogP contribution < -0.4 is 0 Å². The Balaban J connectivity index is 2.86. The van der Waals surface area contributed by atoms with Gasteiger partial charge in [-0.1, -0.05) is 0 Å². The second-order valence-corrected chi connectivity index (χ2v) is 1.92. The molecule has 1 amide bonds. The van der Waals surface area contributed by atoms with Crippen molar-refractivity contribution < 1.29 is 4.79 Å². The number of nitrogens with zero attached hydrogens (tertiary/aromatic N) is 1. The Bertz CT molecular complexity index is 113. The van der Waals surface area contributed by atoms with E-state index in [-0.39, 0.29) is 20.9 Å². The molecule has 1 aliphatic rings. The third kappa shape index (κ3) is 0.619. The van der Waals surface area contributed by atoms with Crippen molar-refractivity contribution in [1.29, 1.82) is 0 Å². The zero-order chi connectivity index (χ0) is 4.41. The summed E-state index contributed by atoms with van der Waals surface area (Å²) in [7, 11) is 0. The number of rotatable bonds is 0. The molecule has 1 rings (SSSR count). The van der Waals surface area contributed by atoms with Crippen molar-refractivity contribution in [3.8, 4) is 0 Å². The molecule has 0 radical (unpaired) electrons. The SMILES string of the molecule is O=C1C=[CH][Al]=[N]1. The summed E-state index contributed by atoms with van der Waals surface area (Å²) in [6, 6.07) is 0. The minimum atomic E-state index is -0.0648. The van der Waals surface area contributed by atoms with Crippen LogP contribution in [0.15, 0.2) is 14.9 Å². The van der Waals surface area contributed by atoms with Crippen molar-refractivity contribution in [3.63, 3.8) is 0 Å². The quantitative estimate of drug-likeness (QED) is 0.387. The van der Waals surface area contributed by atoms with Gasteiger partial charge < -0.3 is 0 Å². The third-order valence-electron chi connectivity index (χ3n) is 0.527. The van der Waals surface area contributed by atoms with Gasteiger partial charge in [0.1, 0.15) is 0 Å². The number of amides is 1. The third-order valence-corrected chi connectivity index (χ3v) is 1.29. The van der Waals surface area contributed by atoms with Crippen LogP contribution in [-0.2, 0) is 4.79 Å². The van der Waals surface area contributed by atoms with Crippen molar-refractivity contribution in [2.24, 2.45) is 3.93 Å². The van der Waals surface area contributed by atoms with Crippen LogP contribution >= 0.6 is 0 Å². The monoisotopic (exact) mass is 95.0 g/mol. The van der Waals surface area contributed by atoms with E-state index in [4.69, 9.17) is 0 Å². The van der Waals surface area contributed by atoms with E-state index in [0.717, 1.165) is 0 Å². The average molecular weight is 95.0 g/mol. The van der Waals surface area contributed by atoms with Gasteiger partial charge in [-0.05, 0) is 0 Å². The molecule has 6 heavy (non-hydrogen) atoms. The molecular weight excluding hydrogens is 93.0 g/mol. The van der Waals surface area contributed by atoms with Gasteiger partial charge in [0.15, 0.2) is 0 Å². The molecule has 1 heterocycles. The summed E-state index contributed by atoms with van der Waals surface area (Å²) in [5, 5.41) is 0. The normalized spacial score (nSPS) is 15.7. The summed E-state index contributed by atoms with van der Waals surface area (Å²) in [5.41, 5.74) is 0. The van der Waals surface area contributed by atoms with Crippen LogP contribution in [0.5, 0.6) is 0 Å². The van der Waals surface area contributed by atoms with Crippen molar-refractivity contribution in [3.05, 3.63) is 11.0 Å². The molecule has 0 unspecified atom stereocenters. The van der Waals surface area contributed by atoms with Crippen molar-refractivity contribution >= 4 is 20.9 Å². The van der Waals surface area contributed by atoms with Gasteiger partial charge >= 0.3 is 40.7 Å². The van der Waals surface area contributed by atoms with E-state index in [9.17, 15) is 4.79 Å². The maximum absolute atomic E-state index is 10.0. The van der Waals surface area contributed by atoms with Crippen LogP contribution in [0, 0.1) is 0 Å². The molecule has 0 N–H and O–H groups in total. The molecule has 28 valence electrons. The molecule has 0 atom stereocenters. The van der Waals surface area contributed by atoms with Gasteiger partial charge in [-0.25, -0.2) is 0 Å². The van der Waals surface area contributed by atoms with E-state index in [1.165, 1.54) is 6.08 Å². The topological polar surface area (TPSA) is 29.4 Å². The van der Waals surface area contributed by atoms with Crippen LogP contribution in [0.25, 0.3) is 0 Å². The first-order chi connectivity index (χ1) is 2.89.